The van der Waals surface area contributed by atoms with Crippen molar-refractivity contribution in [3.63, 3.8) is 0 Å². The topological polar surface area (TPSA) is 70.1 Å². The molecule has 2 fully saturated rings. The van der Waals surface area contributed by atoms with Crippen LogP contribution in [-0.4, -0.2) is 59.9 Å². The van der Waals surface area contributed by atoms with Crippen molar-refractivity contribution in [2.75, 3.05) is 26.2 Å². The molecule has 1 saturated heterocycles. The molecule has 3 unspecified atom stereocenters. The van der Waals surface area contributed by atoms with Gasteiger partial charge in [-0.05, 0) is 17.9 Å². The number of carbonyl (C=O) groups excluding carboxylic acids is 3. The first kappa shape index (κ1) is 16.2. The maximum atomic E-state index is 12.6. The number of thiophene rings is 1. The van der Waals surface area contributed by atoms with E-state index < -0.39 is 5.92 Å². The Morgan fingerprint density at radius 3 is 2.44 bits per heavy atom. The molecule has 0 spiro atoms. The zero-order valence-electron chi connectivity index (χ0n) is 13.7. The van der Waals surface area contributed by atoms with Gasteiger partial charge in [0, 0.05) is 55.2 Å². The third-order valence-corrected chi connectivity index (χ3v) is 6.02. The molecule has 6 nitrogen and oxygen atoms in total. The first-order valence-electron chi connectivity index (χ1n) is 8.51. The fraction of sp³-hybridized carbons (Fsp3) is 0.444. The van der Waals surface area contributed by atoms with E-state index in [-0.39, 0.29) is 23.6 Å². The number of carbonyl (C=O) groups is 3. The van der Waals surface area contributed by atoms with Gasteiger partial charge in [0.25, 0.3) is 5.91 Å². The molecule has 2 aliphatic heterocycles. The van der Waals surface area contributed by atoms with Crippen molar-refractivity contribution < 1.29 is 14.4 Å². The fourth-order valence-electron chi connectivity index (χ4n) is 3.46. The molecular weight excluding hydrogens is 338 g/mol. The maximum Gasteiger partial charge on any atom is 0.269 e. The van der Waals surface area contributed by atoms with E-state index in [0.717, 1.165) is 6.42 Å². The molecule has 0 bridgehead atoms. The lowest BCUT2D eigenvalue weighted by Crippen LogP contribution is -2.52. The van der Waals surface area contributed by atoms with E-state index >= 15 is 0 Å². The van der Waals surface area contributed by atoms with Crippen molar-refractivity contribution in [2.24, 2.45) is 16.8 Å². The zero-order chi connectivity index (χ0) is 17.4. The number of piperazine rings is 1. The molecule has 1 aliphatic carbocycles. The van der Waals surface area contributed by atoms with E-state index in [1.165, 1.54) is 17.2 Å². The third kappa shape index (κ3) is 3.28. The minimum atomic E-state index is -0.466. The molecule has 25 heavy (non-hydrogen) atoms. The lowest BCUT2D eigenvalue weighted by Gasteiger charge is -2.36. The number of amides is 3. The van der Waals surface area contributed by atoms with E-state index in [1.54, 1.807) is 22.3 Å². The molecule has 7 heteroatoms. The van der Waals surface area contributed by atoms with Gasteiger partial charge in [-0.2, -0.15) is 0 Å². The number of nitrogens with zero attached hydrogens (tertiary/aromatic N) is 3. The van der Waals surface area contributed by atoms with Gasteiger partial charge in [-0.3, -0.25) is 14.4 Å². The first-order valence-corrected chi connectivity index (χ1v) is 9.39. The standard InChI is InChI=1S/C18H19N3O3S/c22-16-4-3-12(11-19-16)17(23)20-5-7-21(8-6-20)18(24)14-10-13(14)15-2-1-9-25-15/h1-4,9,11-14H,5-8,10H2. The lowest BCUT2D eigenvalue weighted by atomic mass is 10.1. The first-order chi connectivity index (χ1) is 12.1. The second kappa shape index (κ2) is 6.55. The van der Waals surface area contributed by atoms with E-state index in [1.807, 2.05) is 11.0 Å². The predicted molar refractivity (Wildman–Crippen MR) is 94.5 cm³/mol. The molecule has 3 heterocycles. The van der Waals surface area contributed by atoms with Crippen molar-refractivity contribution in [3.8, 4) is 0 Å². The van der Waals surface area contributed by atoms with Crippen molar-refractivity contribution >= 4 is 35.3 Å². The molecule has 3 amide bonds. The van der Waals surface area contributed by atoms with Gasteiger partial charge in [-0.1, -0.05) is 12.1 Å². The minimum Gasteiger partial charge on any atom is -0.339 e. The summed E-state index contributed by atoms with van der Waals surface area (Å²) >= 11 is 1.72. The summed E-state index contributed by atoms with van der Waals surface area (Å²) in [4.78, 5) is 44.8. The highest BCUT2D eigenvalue weighted by Gasteiger charge is 2.46. The van der Waals surface area contributed by atoms with Crippen LogP contribution in [0.5, 0.6) is 0 Å². The Hall–Kier alpha value is -2.28. The molecule has 4 rings (SSSR count). The van der Waals surface area contributed by atoms with Gasteiger partial charge < -0.3 is 9.80 Å². The van der Waals surface area contributed by atoms with E-state index in [0.29, 0.717) is 32.1 Å². The Balaban J connectivity index is 1.29. The normalized spacial score (nSPS) is 28.3. The summed E-state index contributed by atoms with van der Waals surface area (Å²) in [6.07, 6.45) is 5.26. The van der Waals surface area contributed by atoms with Gasteiger partial charge in [-0.25, -0.2) is 4.99 Å². The average Bonchev–Trinajstić information content (AvgIpc) is 3.26. The summed E-state index contributed by atoms with van der Waals surface area (Å²) < 4.78 is 0. The highest BCUT2D eigenvalue weighted by Crippen LogP contribution is 2.50. The van der Waals surface area contributed by atoms with Gasteiger partial charge in [-0.15, -0.1) is 11.3 Å². The molecule has 0 aromatic carbocycles. The quantitative estimate of drug-likeness (QED) is 0.819. The molecule has 3 atom stereocenters. The van der Waals surface area contributed by atoms with E-state index in [2.05, 4.69) is 16.4 Å². The average molecular weight is 357 g/mol. The predicted octanol–water partition coefficient (Wildman–Crippen LogP) is 1.31. The summed E-state index contributed by atoms with van der Waals surface area (Å²) in [6.45, 7) is 2.22. The molecule has 130 valence electrons. The molecule has 1 saturated carbocycles. The highest BCUT2D eigenvalue weighted by molar-refractivity contribution is 7.10. The second-order valence-electron chi connectivity index (χ2n) is 6.62. The third-order valence-electron chi connectivity index (χ3n) is 5.01. The zero-order valence-corrected chi connectivity index (χ0v) is 14.5. The largest absolute Gasteiger partial charge is 0.339 e. The van der Waals surface area contributed by atoms with Crippen LogP contribution in [0, 0.1) is 11.8 Å². The van der Waals surface area contributed by atoms with Crippen LogP contribution in [0.25, 0.3) is 0 Å². The molecule has 1 aromatic heterocycles. The SMILES string of the molecule is O=C1C=CC(C(=O)N2CCN(C(=O)C3CC3c3cccs3)CC2)C=N1. The maximum absolute atomic E-state index is 12.6. The van der Waals surface area contributed by atoms with Crippen LogP contribution < -0.4 is 0 Å². The summed E-state index contributed by atoms with van der Waals surface area (Å²) in [6, 6.07) is 4.13. The Kier molecular flexibility index (Phi) is 4.25. The molecule has 0 radical (unpaired) electrons. The van der Waals surface area contributed by atoms with Gasteiger partial charge in [0.15, 0.2) is 0 Å². The van der Waals surface area contributed by atoms with Gasteiger partial charge in [0.1, 0.15) is 0 Å². The molecule has 0 N–H and O–H groups in total. The van der Waals surface area contributed by atoms with Crippen LogP contribution in [0.3, 0.4) is 0 Å². The monoisotopic (exact) mass is 357 g/mol. The summed E-state index contributed by atoms with van der Waals surface area (Å²) in [5.41, 5.74) is 0. The number of hydrogen-bond acceptors (Lipinski definition) is 4. The van der Waals surface area contributed by atoms with Crippen molar-refractivity contribution in [1.29, 1.82) is 0 Å². The van der Waals surface area contributed by atoms with Crippen LogP contribution >= 0.6 is 11.3 Å². The highest BCUT2D eigenvalue weighted by atomic mass is 32.1. The van der Waals surface area contributed by atoms with Gasteiger partial charge in [0.2, 0.25) is 11.8 Å². The summed E-state index contributed by atoms with van der Waals surface area (Å²) in [7, 11) is 0. The minimum absolute atomic E-state index is 0.0533. The number of rotatable bonds is 3. The summed E-state index contributed by atoms with van der Waals surface area (Å²) in [5.74, 6) is -0.137. The van der Waals surface area contributed by atoms with Gasteiger partial charge >= 0.3 is 0 Å². The molecule has 1 aromatic rings. The smallest absolute Gasteiger partial charge is 0.269 e. The Morgan fingerprint density at radius 1 is 1.12 bits per heavy atom. The van der Waals surface area contributed by atoms with Gasteiger partial charge in [0.05, 0.1) is 5.92 Å². The second-order valence-corrected chi connectivity index (χ2v) is 7.60. The fourth-order valence-corrected chi connectivity index (χ4v) is 4.36. The van der Waals surface area contributed by atoms with Crippen LogP contribution in [0.15, 0.2) is 34.7 Å². The van der Waals surface area contributed by atoms with Crippen LogP contribution in [-0.2, 0) is 14.4 Å². The lowest BCUT2D eigenvalue weighted by molar-refractivity contribution is -0.140. The molecule has 3 aliphatic rings. The number of dihydropyridines is 1. The molecular formula is C18H19N3O3S. The Labute approximate surface area is 149 Å². The van der Waals surface area contributed by atoms with Crippen LogP contribution in [0.1, 0.15) is 17.2 Å². The van der Waals surface area contributed by atoms with Crippen molar-refractivity contribution in [3.05, 3.63) is 34.5 Å². The van der Waals surface area contributed by atoms with Crippen LogP contribution in [0.2, 0.25) is 0 Å². The Bertz CT molecular complexity index is 732. The van der Waals surface area contributed by atoms with Crippen LogP contribution in [0.4, 0.5) is 0 Å². The van der Waals surface area contributed by atoms with Crippen molar-refractivity contribution in [1.82, 2.24) is 9.80 Å². The Morgan fingerprint density at radius 2 is 1.84 bits per heavy atom. The summed E-state index contributed by atoms with van der Waals surface area (Å²) in [5, 5.41) is 2.05. The number of hydrogen-bond donors (Lipinski definition) is 0. The van der Waals surface area contributed by atoms with E-state index in [9.17, 15) is 14.4 Å². The van der Waals surface area contributed by atoms with Crippen molar-refractivity contribution in [2.45, 2.75) is 12.3 Å². The van der Waals surface area contributed by atoms with E-state index in [4.69, 9.17) is 0 Å². The number of aliphatic imine (C=N–C) groups is 1.